The Labute approximate surface area is 125 Å². The van der Waals surface area contributed by atoms with Crippen LogP contribution in [0.4, 0.5) is 0 Å². The van der Waals surface area contributed by atoms with Crippen LogP contribution in [0.25, 0.3) is 6.08 Å². The van der Waals surface area contributed by atoms with Gasteiger partial charge in [0, 0.05) is 17.3 Å². The summed E-state index contributed by atoms with van der Waals surface area (Å²) in [5.41, 5.74) is 4.12. The van der Waals surface area contributed by atoms with Crippen LogP contribution in [-0.2, 0) is 12.8 Å². The molecule has 3 rings (SSSR count). The predicted molar refractivity (Wildman–Crippen MR) is 88.7 cm³/mol. The van der Waals surface area contributed by atoms with Gasteiger partial charge in [-0.1, -0.05) is 54.6 Å². The minimum absolute atomic E-state index is 1.01. The Balaban J connectivity index is 1.60. The lowest BCUT2D eigenvalue weighted by Gasteiger charge is -2.03. The highest BCUT2D eigenvalue weighted by Crippen LogP contribution is 2.22. The molecular formula is C18H19NS. The van der Waals surface area contributed by atoms with Gasteiger partial charge in [-0.05, 0) is 35.6 Å². The molecular weight excluding hydrogens is 262 g/mol. The fraction of sp³-hybridized carbons (Fsp3) is 0.222. The van der Waals surface area contributed by atoms with Crippen LogP contribution in [0.2, 0.25) is 0 Å². The van der Waals surface area contributed by atoms with Crippen molar-refractivity contribution in [3.05, 3.63) is 76.2 Å². The summed E-state index contributed by atoms with van der Waals surface area (Å²) < 4.78 is 0. The highest BCUT2D eigenvalue weighted by molar-refractivity contribution is 8.03. The fourth-order valence-corrected chi connectivity index (χ4v) is 3.17. The molecule has 102 valence electrons. The maximum atomic E-state index is 3.34. The first-order chi connectivity index (χ1) is 9.90. The summed E-state index contributed by atoms with van der Waals surface area (Å²) in [5.74, 6) is 1.04. The first-order valence-electron chi connectivity index (χ1n) is 7.07. The lowest BCUT2D eigenvalue weighted by Crippen LogP contribution is -2.04. The third-order valence-electron chi connectivity index (χ3n) is 3.51. The van der Waals surface area contributed by atoms with Gasteiger partial charge < -0.3 is 5.32 Å². The summed E-state index contributed by atoms with van der Waals surface area (Å²) in [7, 11) is 0. The SMILES string of the molecule is C(=C1CNCS1)c1ccc(CCc2ccccc2)cc1. The molecule has 0 saturated carbocycles. The van der Waals surface area contributed by atoms with Gasteiger partial charge >= 0.3 is 0 Å². The number of thioether (sulfide) groups is 1. The Morgan fingerprint density at radius 1 is 0.900 bits per heavy atom. The van der Waals surface area contributed by atoms with Crippen molar-refractivity contribution >= 4 is 17.8 Å². The van der Waals surface area contributed by atoms with Crippen LogP contribution in [0.5, 0.6) is 0 Å². The van der Waals surface area contributed by atoms with Crippen molar-refractivity contribution in [3.63, 3.8) is 0 Å². The van der Waals surface area contributed by atoms with E-state index >= 15 is 0 Å². The maximum absolute atomic E-state index is 3.34. The standard InChI is InChI=1S/C18H19NS/c1-2-4-15(5-3-1)6-7-16-8-10-17(11-9-16)12-18-13-19-14-20-18/h1-5,8-12,19H,6-7,13-14H2. The number of hydrogen-bond donors (Lipinski definition) is 1. The van der Waals surface area contributed by atoms with Gasteiger partial charge in [-0.2, -0.15) is 0 Å². The molecule has 1 aliphatic rings. The minimum atomic E-state index is 1.01. The van der Waals surface area contributed by atoms with Gasteiger partial charge in [-0.3, -0.25) is 0 Å². The summed E-state index contributed by atoms with van der Waals surface area (Å²) >= 11 is 1.90. The molecule has 0 unspecified atom stereocenters. The first kappa shape index (κ1) is 13.5. The largest absolute Gasteiger partial charge is 0.303 e. The van der Waals surface area contributed by atoms with Crippen molar-refractivity contribution in [2.45, 2.75) is 12.8 Å². The molecule has 20 heavy (non-hydrogen) atoms. The lowest BCUT2D eigenvalue weighted by molar-refractivity contribution is 0.916. The van der Waals surface area contributed by atoms with Gasteiger partial charge in [-0.15, -0.1) is 11.8 Å². The number of hydrogen-bond acceptors (Lipinski definition) is 2. The maximum Gasteiger partial charge on any atom is 0.0465 e. The third-order valence-corrected chi connectivity index (χ3v) is 4.49. The molecule has 1 heterocycles. The van der Waals surface area contributed by atoms with Crippen LogP contribution in [0.15, 0.2) is 59.5 Å². The topological polar surface area (TPSA) is 12.0 Å². The lowest BCUT2D eigenvalue weighted by atomic mass is 10.0. The minimum Gasteiger partial charge on any atom is -0.303 e. The number of rotatable bonds is 4. The smallest absolute Gasteiger partial charge is 0.0465 e. The van der Waals surface area contributed by atoms with Crippen LogP contribution in [0, 0.1) is 0 Å². The van der Waals surface area contributed by atoms with Crippen LogP contribution >= 0.6 is 11.8 Å². The molecule has 0 aliphatic carbocycles. The van der Waals surface area contributed by atoms with E-state index in [0.29, 0.717) is 0 Å². The Bertz CT molecular complexity index is 564. The Hall–Kier alpha value is -1.51. The normalized spacial score (nSPS) is 16.7. The van der Waals surface area contributed by atoms with Gasteiger partial charge in [0.15, 0.2) is 0 Å². The molecule has 0 radical (unpaired) electrons. The van der Waals surface area contributed by atoms with Crippen molar-refractivity contribution in [2.75, 3.05) is 12.4 Å². The van der Waals surface area contributed by atoms with E-state index in [1.165, 1.54) is 21.6 Å². The van der Waals surface area contributed by atoms with E-state index < -0.39 is 0 Å². The van der Waals surface area contributed by atoms with Crippen LogP contribution in [0.1, 0.15) is 16.7 Å². The molecule has 0 amide bonds. The monoisotopic (exact) mass is 281 g/mol. The quantitative estimate of drug-likeness (QED) is 0.905. The van der Waals surface area contributed by atoms with Crippen molar-refractivity contribution < 1.29 is 0 Å². The summed E-state index contributed by atoms with van der Waals surface area (Å²) in [6, 6.07) is 19.6. The molecule has 0 spiro atoms. The zero-order valence-corrected chi connectivity index (χ0v) is 12.3. The van der Waals surface area contributed by atoms with Gasteiger partial charge in [-0.25, -0.2) is 0 Å². The van der Waals surface area contributed by atoms with E-state index in [9.17, 15) is 0 Å². The van der Waals surface area contributed by atoms with Crippen LogP contribution in [0.3, 0.4) is 0 Å². The number of nitrogens with one attached hydrogen (secondary N) is 1. The molecule has 0 aromatic heterocycles. The van der Waals surface area contributed by atoms with Gasteiger partial charge in [0.2, 0.25) is 0 Å². The van der Waals surface area contributed by atoms with Crippen molar-refractivity contribution in [1.29, 1.82) is 0 Å². The van der Waals surface area contributed by atoms with E-state index in [1.54, 1.807) is 0 Å². The van der Waals surface area contributed by atoms with Gasteiger partial charge in [0.1, 0.15) is 0 Å². The molecule has 1 aliphatic heterocycles. The second-order valence-corrected chi connectivity index (χ2v) is 6.16. The van der Waals surface area contributed by atoms with E-state index in [2.05, 4.69) is 66.0 Å². The fourth-order valence-electron chi connectivity index (χ4n) is 2.36. The molecule has 1 fully saturated rings. The van der Waals surface area contributed by atoms with E-state index in [4.69, 9.17) is 0 Å². The summed E-state index contributed by atoms with van der Waals surface area (Å²) in [6.45, 7) is 1.01. The van der Waals surface area contributed by atoms with Gasteiger partial charge in [0.25, 0.3) is 0 Å². The Morgan fingerprint density at radius 2 is 1.60 bits per heavy atom. The zero-order chi connectivity index (χ0) is 13.6. The van der Waals surface area contributed by atoms with E-state index in [1.807, 2.05) is 11.8 Å². The zero-order valence-electron chi connectivity index (χ0n) is 11.5. The number of aryl methyl sites for hydroxylation is 2. The molecule has 1 saturated heterocycles. The summed E-state index contributed by atoms with van der Waals surface area (Å²) in [4.78, 5) is 1.43. The molecule has 1 N–H and O–H groups in total. The average Bonchev–Trinajstić information content (AvgIpc) is 3.01. The van der Waals surface area contributed by atoms with Crippen molar-refractivity contribution in [2.24, 2.45) is 0 Å². The highest BCUT2D eigenvalue weighted by atomic mass is 32.2. The van der Waals surface area contributed by atoms with Crippen LogP contribution in [-0.4, -0.2) is 12.4 Å². The second-order valence-electron chi connectivity index (χ2n) is 5.05. The van der Waals surface area contributed by atoms with Crippen LogP contribution < -0.4 is 5.32 Å². The van der Waals surface area contributed by atoms with Crippen molar-refractivity contribution in [1.82, 2.24) is 5.32 Å². The summed E-state index contributed by atoms with van der Waals surface area (Å²) in [6.07, 6.45) is 4.50. The predicted octanol–water partition coefficient (Wildman–Crippen LogP) is 4.11. The third kappa shape index (κ3) is 3.75. The van der Waals surface area contributed by atoms with Crippen molar-refractivity contribution in [3.8, 4) is 0 Å². The summed E-state index contributed by atoms with van der Waals surface area (Å²) in [5, 5.41) is 3.34. The average molecular weight is 281 g/mol. The Morgan fingerprint density at radius 3 is 2.25 bits per heavy atom. The molecule has 2 aromatic carbocycles. The highest BCUT2D eigenvalue weighted by Gasteiger charge is 2.05. The second kappa shape index (κ2) is 6.78. The molecule has 0 bridgehead atoms. The molecule has 2 heteroatoms. The molecule has 2 aromatic rings. The van der Waals surface area contributed by atoms with Gasteiger partial charge in [0.05, 0.1) is 0 Å². The Kier molecular flexibility index (Phi) is 4.57. The van der Waals surface area contributed by atoms with E-state index in [-0.39, 0.29) is 0 Å². The first-order valence-corrected chi connectivity index (χ1v) is 8.06. The number of benzene rings is 2. The van der Waals surface area contributed by atoms with E-state index in [0.717, 1.165) is 25.3 Å². The molecule has 1 nitrogen and oxygen atoms in total. The molecule has 0 atom stereocenters.